The van der Waals surface area contributed by atoms with Crippen molar-refractivity contribution in [2.45, 2.75) is 20.0 Å². The minimum Gasteiger partial charge on any atom is -0.497 e. The van der Waals surface area contributed by atoms with Crippen LogP contribution in [0.4, 0.5) is 17.2 Å². The van der Waals surface area contributed by atoms with Gasteiger partial charge in [0.2, 0.25) is 0 Å². The number of anilines is 3. The van der Waals surface area contributed by atoms with E-state index in [9.17, 15) is 4.79 Å². The lowest BCUT2D eigenvalue weighted by Crippen LogP contribution is -2.16. The number of carbonyl (C=O) groups excluding carboxylic acids is 1. The molecule has 0 aliphatic rings. The molecule has 0 aliphatic carbocycles. The molecule has 2 aromatic carbocycles. The van der Waals surface area contributed by atoms with Crippen LogP contribution in [0.25, 0.3) is 0 Å². The van der Waals surface area contributed by atoms with Gasteiger partial charge < -0.3 is 20.1 Å². The summed E-state index contributed by atoms with van der Waals surface area (Å²) in [5.41, 5.74) is 1.63. The summed E-state index contributed by atoms with van der Waals surface area (Å²) in [5, 5.41) is 14.0. The Morgan fingerprint density at radius 2 is 1.71 bits per heavy atom. The fraction of sp³-hybridized carbons (Fsp3) is 0.190. The lowest BCUT2D eigenvalue weighted by molar-refractivity contribution is 0.102. The number of hydrogen-bond donors (Lipinski definition) is 2. The normalized spacial score (nSPS) is 10.4. The fourth-order valence-electron chi connectivity index (χ4n) is 2.46. The summed E-state index contributed by atoms with van der Waals surface area (Å²) in [6.07, 6.45) is 0.00107. The summed E-state index contributed by atoms with van der Waals surface area (Å²) in [6, 6.07) is 18.0. The summed E-state index contributed by atoms with van der Waals surface area (Å²) in [7, 11) is 1.62. The Morgan fingerprint density at radius 3 is 2.36 bits per heavy atom. The van der Waals surface area contributed by atoms with E-state index in [0.29, 0.717) is 17.3 Å². The van der Waals surface area contributed by atoms with E-state index in [-0.39, 0.29) is 17.7 Å². The zero-order valence-electron chi connectivity index (χ0n) is 16.0. The first-order valence-corrected chi connectivity index (χ1v) is 8.87. The van der Waals surface area contributed by atoms with Crippen LogP contribution < -0.4 is 20.1 Å². The molecule has 0 atom stereocenters. The Kier molecular flexibility index (Phi) is 6.06. The fourth-order valence-corrected chi connectivity index (χ4v) is 2.46. The van der Waals surface area contributed by atoms with Crippen molar-refractivity contribution in [3.63, 3.8) is 0 Å². The molecule has 0 unspecified atom stereocenters. The van der Waals surface area contributed by atoms with Gasteiger partial charge in [0.05, 0.1) is 18.9 Å². The molecule has 0 aliphatic heterocycles. The highest BCUT2D eigenvalue weighted by atomic mass is 16.5. The monoisotopic (exact) mass is 378 g/mol. The van der Waals surface area contributed by atoms with Crippen molar-refractivity contribution < 1.29 is 14.3 Å². The maximum Gasteiger partial charge on any atom is 0.276 e. The van der Waals surface area contributed by atoms with E-state index in [2.05, 4.69) is 20.8 Å². The Bertz CT molecular complexity index is 925. The van der Waals surface area contributed by atoms with Gasteiger partial charge in [0, 0.05) is 5.69 Å². The van der Waals surface area contributed by atoms with Gasteiger partial charge in [0.1, 0.15) is 11.5 Å². The number of amides is 1. The minimum absolute atomic E-state index is 0.00107. The van der Waals surface area contributed by atoms with E-state index in [1.54, 1.807) is 25.3 Å². The van der Waals surface area contributed by atoms with Gasteiger partial charge in [-0.15, -0.1) is 10.2 Å². The second kappa shape index (κ2) is 8.85. The van der Waals surface area contributed by atoms with Crippen molar-refractivity contribution in [2.75, 3.05) is 17.7 Å². The van der Waals surface area contributed by atoms with E-state index in [0.717, 1.165) is 11.4 Å². The Hall–Kier alpha value is -3.61. The largest absolute Gasteiger partial charge is 0.497 e. The lowest BCUT2D eigenvalue weighted by Gasteiger charge is -2.14. The second-order valence-corrected chi connectivity index (χ2v) is 6.27. The molecular weight excluding hydrogens is 356 g/mol. The van der Waals surface area contributed by atoms with E-state index in [4.69, 9.17) is 9.47 Å². The van der Waals surface area contributed by atoms with Crippen LogP contribution in [0, 0.1) is 0 Å². The number of nitrogens with one attached hydrogen (secondary N) is 2. The third-order valence-electron chi connectivity index (χ3n) is 3.76. The maximum absolute atomic E-state index is 12.5. The molecule has 3 aromatic rings. The average molecular weight is 378 g/mol. The van der Waals surface area contributed by atoms with Crippen LogP contribution in [0.5, 0.6) is 11.5 Å². The molecule has 3 rings (SSSR count). The SMILES string of the molecule is COc1ccc(Nc2ccc(C(=O)Nc3ccccc3OC(C)C)nn2)cc1. The summed E-state index contributed by atoms with van der Waals surface area (Å²) in [5.74, 6) is 1.55. The van der Waals surface area contributed by atoms with Crippen molar-refractivity contribution in [2.24, 2.45) is 0 Å². The highest BCUT2D eigenvalue weighted by Gasteiger charge is 2.12. The molecule has 0 fully saturated rings. The quantitative estimate of drug-likeness (QED) is 0.639. The van der Waals surface area contributed by atoms with Gasteiger partial charge in [-0.1, -0.05) is 12.1 Å². The summed E-state index contributed by atoms with van der Waals surface area (Å²) < 4.78 is 10.8. The molecule has 1 amide bonds. The van der Waals surface area contributed by atoms with Crippen molar-refractivity contribution in [3.8, 4) is 11.5 Å². The number of ether oxygens (including phenoxy) is 2. The molecule has 0 spiro atoms. The van der Waals surface area contributed by atoms with Crippen LogP contribution >= 0.6 is 0 Å². The number of carbonyl (C=O) groups is 1. The standard InChI is InChI=1S/C21H22N4O3/c1-14(2)28-19-7-5-4-6-17(19)23-21(26)18-12-13-20(25-24-18)22-15-8-10-16(27-3)11-9-15/h4-14H,1-3H3,(H,22,25)(H,23,26). The van der Waals surface area contributed by atoms with Crippen molar-refractivity contribution in [1.82, 2.24) is 10.2 Å². The zero-order valence-corrected chi connectivity index (χ0v) is 16.0. The summed E-state index contributed by atoms with van der Waals surface area (Å²) in [6.45, 7) is 3.86. The first-order chi connectivity index (χ1) is 13.5. The Morgan fingerprint density at radius 1 is 0.964 bits per heavy atom. The predicted molar refractivity (Wildman–Crippen MR) is 108 cm³/mol. The number of aromatic nitrogens is 2. The van der Waals surface area contributed by atoms with Gasteiger partial charge in [-0.05, 0) is 62.4 Å². The van der Waals surface area contributed by atoms with Crippen molar-refractivity contribution >= 4 is 23.1 Å². The number of rotatable bonds is 7. The van der Waals surface area contributed by atoms with Crippen LogP contribution in [0.15, 0.2) is 60.7 Å². The molecular formula is C21H22N4O3. The van der Waals surface area contributed by atoms with Crippen LogP contribution in [-0.2, 0) is 0 Å². The average Bonchev–Trinajstić information content (AvgIpc) is 2.70. The lowest BCUT2D eigenvalue weighted by atomic mass is 10.2. The number of nitrogens with zero attached hydrogens (tertiary/aromatic N) is 2. The molecule has 0 saturated carbocycles. The molecule has 144 valence electrons. The highest BCUT2D eigenvalue weighted by Crippen LogP contribution is 2.25. The molecule has 0 radical (unpaired) electrons. The van der Waals surface area contributed by atoms with Gasteiger partial charge in [0.25, 0.3) is 5.91 Å². The predicted octanol–water partition coefficient (Wildman–Crippen LogP) is 4.27. The Labute approximate surface area is 163 Å². The van der Waals surface area contributed by atoms with E-state index in [1.807, 2.05) is 56.3 Å². The van der Waals surface area contributed by atoms with Gasteiger partial charge in [-0.2, -0.15) is 0 Å². The minimum atomic E-state index is -0.358. The van der Waals surface area contributed by atoms with Gasteiger partial charge in [0.15, 0.2) is 11.5 Å². The molecule has 28 heavy (non-hydrogen) atoms. The summed E-state index contributed by atoms with van der Waals surface area (Å²) >= 11 is 0. The molecule has 1 aromatic heterocycles. The molecule has 0 saturated heterocycles. The van der Waals surface area contributed by atoms with E-state index in [1.165, 1.54) is 0 Å². The first-order valence-electron chi connectivity index (χ1n) is 8.87. The topological polar surface area (TPSA) is 85.4 Å². The number of hydrogen-bond acceptors (Lipinski definition) is 6. The van der Waals surface area contributed by atoms with Crippen molar-refractivity contribution in [1.29, 1.82) is 0 Å². The molecule has 0 bridgehead atoms. The first kappa shape index (κ1) is 19.2. The third kappa shape index (κ3) is 4.97. The number of para-hydroxylation sites is 2. The molecule has 7 heteroatoms. The smallest absolute Gasteiger partial charge is 0.276 e. The third-order valence-corrected chi connectivity index (χ3v) is 3.76. The number of methoxy groups -OCH3 is 1. The van der Waals surface area contributed by atoms with Crippen LogP contribution in [0.3, 0.4) is 0 Å². The van der Waals surface area contributed by atoms with Crippen LogP contribution in [0.1, 0.15) is 24.3 Å². The van der Waals surface area contributed by atoms with Gasteiger partial charge in [-0.25, -0.2) is 0 Å². The molecule has 1 heterocycles. The summed E-state index contributed by atoms with van der Waals surface area (Å²) in [4.78, 5) is 12.5. The maximum atomic E-state index is 12.5. The molecule has 2 N–H and O–H groups in total. The number of benzene rings is 2. The van der Waals surface area contributed by atoms with Gasteiger partial charge >= 0.3 is 0 Å². The Balaban J connectivity index is 1.67. The zero-order chi connectivity index (χ0) is 19.9. The van der Waals surface area contributed by atoms with Crippen LogP contribution in [-0.4, -0.2) is 29.3 Å². The van der Waals surface area contributed by atoms with E-state index < -0.39 is 0 Å². The molecule has 7 nitrogen and oxygen atoms in total. The van der Waals surface area contributed by atoms with E-state index >= 15 is 0 Å². The highest BCUT2D eigenvalue weighted by molar-refractivity contribution is 6.03. The van der Waals surface area contributed by atoms with Gasteiger partial charge in [-0.3, -0.25) is 4.79 Å². The van der Waals surface area contributed by atoms with Crippen LogP contribution in [0.2, 0.25) is 0 Å². The second-order valence-electron chi connectivity index (χ2n) is 6.27. The van der Waals surface area contributed by atoms with Crippen molar-refractivity contribution in [3.05, 3.63) is 66.4 Å².